The standard InChI is InChI=1S/C15H21ClN2O2/c1-11-9-18(10-12(2)20-11)8-7-15(19)17-14-5-3-13(16)4-6-14/h3-6,11-12H,7-10H2,1-2H3,(H,17,19)/p+1/t11-,12+. The fraction of sp³-hybridized carbons (Fsp3) is 0.533. The summed E-state index contributed by atoms with van der Waals surface area (Å²) >= 11 is 5.81. The van der Waals surface area contributed by atoms with E-state index in [1.165, 1.54) is 4.90 Å². The summed E-state index contributed by atoms with van der Waals surface area (Å²) in [5, 5.41) is 3.56. The van der Waals surface area contributed by atoms with E-state index in [-0.39, 0.29) is 18.1 Å². The zero-order valence-electron chi connectivity index (χ0n) is 12.0. The van der Waals surface area contributed by atoms with Crippen molar-refractivity contribution in [1.29, 1.82) is 0 Å². The Morgan fingerprint density at radius 2 is 1.90 bits per heavy atom. The second-order valence-electron chi connectivity index (χ2n) is 5.47. The van der Waals surface area contributed by atoms with Crippen LogP contribution < -0.4 is 10.2 Å². The molecular formula is C15H22ClN2O2+. The lowest BCUT2D eigenvalue weighted by molar-refractivity contribution is -0.914. The van der Waals surface area contributed by atoms with Crippen molar-refractivity contribution in [3.63, 3.8) is 0 Å². The van der Waals surface area contributed by atoms with Crippen LogP contribution in [0, 0.1) is 0 Å². The number of morpholine rings is 1. The van der Waals surface area contributed by atoms with Gasteiger partial charge in [-0.05, 0) is 38.1 Å². The predicted octanol–water partition coefficient (Wildman–Crippen LogP) is 1.36. The molecule has 1 saturated heterocycles. The third kappa shape index (κ3) is 4.78. The normalized spacial score (nSPS) is 26.2. The SMILES string of the molecule is C[C@@H]1C[NH+](CCC(=O)Nc2ccc(Cl)cc2)C[C@H](C)O1. The number of ether oxygens (including phenoxy) is 1. The van der Waals surface area contributed by atoms with E-state index in [0.717, 1.165) is 25.3 Å². The summed E-state index contributed by atoms with van der Waals surface area (Å²) in [6, 6.07) is 7.17. The van der Waals surface area contributed by atoms with Gasteiger partial charge in [0.15, 0.2) is 0 Å². The number of halogens is 1. The van der Waals surface area contributed by atoms with E-state index < -0.39 is 0 Å². The molecule has 5 heteroatoms. The Balaban J connectivity index is 1.76. The van der Waals surface area contributed by atoms with Crippen LogP contribution in [0.25, 0.3) is 0 Å². The van der Waals surface area contributed by atoms with Gasteiger partial charge in [-0.3, -0.25) is 4.79 Å². The quantitative estimate of drug-likeness (QED) is 0.881. The summed E-state index contributed by atoms with van der Waals surface area (Å²) in [6.07, 6.45) is 1.07. The molecule has 0 aromatic heterocycles. The van der Waals surface area contributed by atoms with E-state index >= 15 is 0 Å². The van der Waals surface area contributed by atoms with Crippen molar-refractivity contribution in [2.45, 2.75) is 32.5 Å². The lowest BCUT2D eigenvalue weighted by atomic mass is 10.2. The fourth-order valence-electron chi connectivity index (χ4n) is 2.64. The number of nitrogens with one attached hydrogen (secondary N) is 2. The monoisotopic (exact) mass is 297 g/mol. The van der Waals surface area contributed by atoms with Crippen molar-refractivity contribution < 1.29 is 14.4 Å². The van der Waals surface area contributed by atoms with Gasteiger partial charge in [0.1, 0.15) is 25.3 Å². The number of hydrogen-bond donors (Lipinski definition) is 2. The fourth-order valence-corrected chi connectivity index (χ4v) is 2.77. The Kier molecular flexibility index (Phi) is 5.40. The molecule has 20 heavy (non-hydrogen) atoms. The van der Waals surface area contributed by atoms with Crippen LogP contribution in [0.3, 0.4) is 0 Å². The van der Waals surface area contributed by atoms with E-state index in [1.807, 2.05) is 12.1 Å². The van der Waals surface area contributed by atoms with Gasteiger partial charge < -0.3 is 15.0 Å². The van der Waals surface area contributed by atoms with Crippen LogP contribution in [0.1, 0.15) is 20.3 Å². The molecular weight excluding hydrogens is 276 g/mol. The van der Waals surface area contributed by atoms with Gasteiger partial charge in [0.05, 0.1) is 13.0 Å². The Labute approximate surface area is 125 Å². The van der Waals surface area contributed by atoms with Gasteiger partial charge in [-0.1, -0.05) is 11.6 Å². The zero-order valence-corrected chi connectivity index (χ0v) is 12.7. The number of carbonyl (C=O) groups is 1. The summed E-state index contributed by atoms with van der Waals surface area (Å²) in [6.45, 7) is 6.96. The van der Waals surface area contributed by atoms with Crippen LogP contribution in [0.4, 0.5) is 5.69 Å². The van der Waals surface area contributed by atoms with Gasteiger partial charge in [0, 0.05) is 10.7 Å². The van der Waals surface area contributed by atoms with Crippen LogP contribution in [-0.2, 0) is 9.53 Å². The van der Waals surface area contributed by atoms with Gasteiger partial charge in [-0.2, -0.15) is 0 Å². The third-order valence-corrected chi connectivity index (χ3v) is 3.70. The molecule has 1 fully saturated rings. The predicted molar refractivity (Wildman–Crippen MR) is 80.3 cm³/mol. The van der Waals surface area contributed by atoms with Crippen LogP contribution in [0.2, 0.25) is 5.02 Å². The van der Waals surface area contributed by atoms with Crippen LogP contribution in [0.5, 0.6) is 0 Å². The Morgan fingerprint density at radius 1 is 1.30 bits per heavy atom. The lowest BCUT2D eigenvalue weighted by Gasteiger charge is -2.32. The number of anilines is 1. The molecule has 1 amide bonds. The maximum atomic E-state index is 11.9. The van der Waals surface area contributed by atoms with E-state index in [1.54, 1.807) is 12.1 Å². The molecule has 1 aromatic carbocycles. The summed E-state index contributed by atoms with van der Waals surface area (Å²) in [7, 11) is 0. The van der Waals surface area contributed by atoms with Gasteiger partial charge in [-0.15, -0.1) is 0 Å². The van der Waals surface area contributed by atoms with Gasteiger partial charge in [-0.25, -0.2) is 0 Å². The minimum atomic E-state index is 0.0478. The summed E-state index contributed by atoms with van der Waals surface area (Å²) in [5.74, 6) is 0.0478. The average Bonchev–Trinajstić information content (AvgIpc) is 2.38. The highest BCUT2D eigenvalue weighted by molar-refractivity contribution is 6.30. The first-order valence-electron chi connectivity index (χ1n) is 7.07. The van der Waals surface area contributed by atoms with Gasteiger partial charge in [0.25, 0.3) is 0 Å². The second-order valence-corrected chi connectivity index (χ2v) is 5.91. The minimum absolute atomic E-state index is 0.0478. The molecule has 110 valence electrons. The van der Waals surface area contributed by atoms with Crippen LogP contribution >= 0.6 is 11.6 Å². The number of amides is 1. The number of rotatable bonds is 4. The Bertz CT molecular complexity index is 440. The zero-order chi connectivity index (χ0) is 14.5. The Hall–Kier alpha value is -1.10. The molecule has 0 bridgehead atoms. The Morgan fingerprint density at radius 3 is 2.50 bits per heavy atom. The lowest BCUT2D eigenvalue weighted by Crippen LogP contribution is -3.15. The highest BCUT2D eigenvalue weighted by atomic mass is 35.5. The van der Waals surface area contributed by atoms with E-state index in [2.05, 4.69) is 19.2 Å². The van der Waals surface area contributed by atoms with Crippen LogP contribution in [0.15, 0.2) is 24.3 Å². The highest BCUT2D eigenvalue weighted by Crippen LogP contribution is 2.13. The van der Waals surface area contributed by atoms with Crippen molar-refractivity contribution in [3.05, 3.63) is 29.3 Å². The van der Waals surface area contributed by atoms with Crippen molar-refractivity contribution in [1.82, 2.24) is 0 Å². The summed E-state index contributed by atoms with van der Waals surface area (Å²) in [5.41, 5.74) is 0.790. The molecule has 1 aliphatic heterocycles. The number of benzene rings is 1. The molecule has 4 nitrogen and oxygen atoms in total. The van der Waals surface area contributed by atoms with Crippen molar-refractivity contribution in [2.24, 2.45) is 0 Å². The largest absolute Gasteiger partial charge is 0.364 e. The van der Waals surface area contributed by atoms with Crippen molar-refractivity contribution in [2.75, 3.05) is 25.0 Å². The maximum Gasteiger partial charge on any atom is 0.230 e. The van der Waals surface area contributed by atoms with E-state index in [0.29, 0.717) is 11.4 Å². The van der Waals surface area contributed by atoms with Crippen molar-refractivity contribution in [3.8, 4) is 0 Å². The first-order chi connectivity index (χ1) is 9.52. The van der Waals surface area contributed by atoms with E-state index in [4.69, 9.17) is 16.3 Å². The molecule has 2 N–H and O–H groups in total. The number of hydrogen-bond acceptors (Lipinski definition) is 2. The molecule has 1 aromatic rings. The smallest absolute Gasteiger partial charge is 0.230 e. The molecule has 0 spiro atoms. The molecule has 0 saturated carbocycles. The molecule has 0 radical (unpaired) electrons. The average molecular weight is 298 g/mol. The highest BCUT2D eigenvalue weighted by Gasteiger charge is 2.25. The first-order valence-corrected chi connectivity index (χ1v) is 7.45. The van der Waals surface area contributed by atoms with Gasteiger partial charge >= 0.3 is 0 Å². The van der Waals surface area contributed by atoms with E-state index in [9.17, 15) is 4.79 Å². The molecule has 1 unspecified atom stereocenters. The molecule has 2 rings (SSSR count). The molecule has 1 aliphatic rings. The molecule has 0 aliphatic carbocycles. The number of quaternary nitrogens is 1. The summed E-state index contributed by atoms with van der Waals surface area (Å²) < 4.78 is 5.70. The summed E-state index contributed by atoms with van der Waals surface area (Å²) in [4.78, 5) is 13.3. The van der Waals surface area contributed by atoms with Crippen LogP contribution in [-0.4, -0.2) is 37.7 Å². The first kappa shape index (κ1) is 15.3. The van der Waals surface area contributed by atoms with Crippen molar-refractivity contribution >= 4 is 23.2 Å². The third-order valence-electron chi connectivity index (χ3n) is 3.45. The molecule has 1 heterocycles. The van der Waals surface area contributed by atoms with Gasteiger partial charge in [0.2, 0.25) is 5.91 Å². The topological polar surface area (TPSA) is 42.8 Å². The second kappa shape index (κ2) is 7.07. The minimum Gasteiger partial charge on any atom is -0.364 e. The number of carbonyl (C=O) groups excluding carboxylic acids is 1. The molecule has 3 atom stereocenters. The maximum absolute atomic E-state index is 11.9.